The summed E-state index contributed by atoms with van der Waals surface area (Å²) in [5, 5.41) is 11.7. The van der Waals surface area contributed by atoms with E-state index in [0.717, 1.165) is 5.56 Å². The van der Waals surface area contributed by atoms with Crippen molar-refractivity contribution in [1.29, 1.82) is 5.26 Å². The van der Waals surface area contributed by atoms with Crippen LogP contribution < -0.4 is 10.1 Å². The molecule has 3 aromatic rings. The van der Waals surface area contributed by atoms with Gasteiger partial charge in [0.1, 0.15) is 17.6 Å². The van der Waals surface area contributed by atoms with Crippen LogP contribution in [0, 0.1) is 18.3 Å². The summed E-state index contributed by atoms with van der Waals surface area (Å²) < 4.78 is 47.1. The van der Waals surface area contributed by atoms with Crippen LogP contribution >= 0.6 is 0 Å². The minimum atomic E-state index is -4.52. The minimum absolute atomic E-state index is 0.0730. The monoisotopic (exact) mass is 415 g/mol. The van der Waals surface area contributed by atoms with E-state index in [1.807, 2.05) is 30.3 Å². The minimum Gasteiger partial charge on any atom is -0.483 e. The number of carbonyl (C=O) groups is 1. The SMILES string of the molecule is Cc1oc(-c2ccccc2)nc1CC(=O)Nc1ccc(OCC(F)(F)F)c(C#N)c1. The van der Waals surface area contributed by atoms with E-state index in [4.69, 9.17) is 9.68 Å². The van der Waals surface area contributed by atoms with Crippen LogP contribution in [0.25, 0.3) is 11.5 Å². The van der Waals surface area contributed by atoms with Crippen molar-refractivity contribution in [2.45, 2.75) is 19.5 Å². The number of anilines is 1. The number of benzene rings is 2. The van der Waals surface area contributed by atoms with E-state index in [2.05, 4.69) is 15.0 Å². The molecule has 0 unspecified atom stereocenters. The lowest BCUT2D eigenvalue weighted by atomic mass is 10.2. The summed E-state index contributed by atoms with van der Waals surface area (Å²) >= 11 is 0. The average Bonchev–Trinajstić information content (AvgIpc) is 3.07. The number of nitriles is 1. The molecule has 154 valence electrons. The first kappa shape index (κ1) is 20.9. The van der Waals surface area contributed by atoms with Crippen LogP contribution in [0.2, 0.25) is 0 Å². The molecule has 0 aliphatic carbocycles. The van der Waals surface area contributed by atoms with E-state index in [9.17, 15) is 18.0 Å². The van der Waals surface area contributed by atoms with Gasteiger partial charge in [0.05, 0.1) is 17.7 Å². The Hall–Kier alpha value is -3.80. The first-order valence-electron chi connectivity index (χ1n) is 8.80. The molecule has 0 fully saturated rings. The number of carbonyl (C=O) groups excluding carboxylic acids is 1. The number of alkyl halides is 3. The number of rotatable bonds is 6. The average molecular weight is 415 g/mol. The van der Waals surface area contributed by atoms with Gasteiger partial charge in [-0.25, -0.2) is 4.98 Å². The Morgan fingerprint density at radius 1 is 1.23 bits per heavy atom. The highest BCUT2D eigenvalue weighted by Gasteiger charge is 2.29. The number of ether oxygens (including phenoxy) is 1. The number of oxazole rings is 1. The molecular weight excluding hydrogens is 399 g/mol. The largest absolute Gasteiger partial charge is 0.483 e. The van der Waals surface area contributed by atoms with E-state index in [-0.39, 0.29) is 23.4 Å². The Balaban J connectivity index is 1.68. The molecule has 1 N–H and O–H groups in total. The van der Waals surface area contributed by atoms with Crippen molar-refractivity contribution < 1.29 is 27.1 Å². The van der Waals surface area contributed by atoms with Gasteiger partial charge in [-0.05, 0) is 37.3 Å². The van der Waals surface area contributed by atoms with E-state index in [1.54, 1.807) is 13.0 Å². The number of aryl methyl sites for hydroxylation is 1. The smallest absolute Gasteiger partial charge is 0.422 e. The fourth-order valence-electron chi connectivity index (χ4n) is 2.63. The molecule has 0 bridgehead atoms. The van der Waals surface area contributed by atoms with Crippen molar-refractivity contribution in [1.82, 2.24) is 4.98 Å². The van der Waals surface area contributed by atoms with Crippen molar-refractivity contribution >= 4 is 11.6 Å². The molecule has 2 aromatic carbocycles. The molecule has 0 saturated heterocycles. The Morgan fingerprint density at radius 2 is 1.97 bits per heavy atom. The van der Waals surface area contributed by atoms with E-state index >= 15 is 0 Å². The van der Waals surface area contributed by atoms with Crippen molar-refractivity contribution in [3.05, 3.63) is 65.5 Å². The molecule has 0 radical (unpaired) electrons. The summed E-state index contributed by atoms with van der Waals surface area (Å²) in [6, 6.07) is 14.8. The lowest BCUT2D eigenvalue weighted by Gasteiger charge is -2.11. The summed E-state index contributed by atoms with van der Waals surface area (Å²) in [6.45, 7) is 0.186. The maximum absolute atomic E-state index is 12.4. The van der Waals surface area contributed by atoms with Crippen LogP contribution in [0.15, 0.2) is 52.9 Å². The summed E-state index contributed by atoms with van der Waals surface area (Å²) in [6.07, 6.45) is -4.59. The van der Waals surface area contributed by atoms with Gasteiger partial charge < -0.3 is 14.5 Å². The van der Waals surface area contributed by atoms with Gasteiger partial charge in [0, 0.05) is 11.3 Å². The molecule has 0 atom stereocenters. The summed E-state index contributed by atoms with van der Waals surface area (Å²) in [5.41, 5.74) is 1.36. The quantitative estimate of drug-likeness (QED) is 0.634. The van der Waals surface area contributed by atoms with Gasteiger partial charge in [-0.15, -0.1) is 0 Å². The molecule has 3 rings (SSSR count). The van der Waals surface area contributed by atoms with Crippen LogP contribution in [0.5, 0.6) is 5.75 Å². The topological polar surface area (TPSA) is 88.2 Å². The molecule has 0 aliphatic rings. The van der Waals surface area contributed by atoms with Gasteiger partial charge >= 0.3 is 6.18 Å². The fraction of sp³-hybridized carbons (Fsp3) is 0.190. The fourth-order valence-corrected chi connectivity index (χ4v) is 2.63. The zero-order valence-corrected chi connectivity index (χ0v) is 15.8. The van der Waals surface area contributed by atoms with Crippen molar-refractivity contribution in [3.8, 4) is 23.3 Å². The molecule has 1 amide bonds. The van der Waals surface area contributed by atoms with Gasteiger partial charge in [-0.3, -0.25) is 4.79 Å². The molecule has 1 heterocycles. The zero-order valence-electron chi connectivity index (χ0n) is 15.8. The Labute approximate surface area is 169 Å². The number of hydrogen-bond acceptors (Lipinski definition) is 5. The van der Waals surface area contributed by atoms with Crippen molar-refractivity contribution in [3.63, 3.8) is 0 Å². The molecular formula is C21H16F3N3O3. The molecule has 9 heteroatoms. The van der Waals surface area contributed by atoms with Gasteiger partial charge in [0.15, 0.2) is 6.61 Å². The Bertz CT molecular complexity index is 1090. The first-order valence-corrected chi connectivity index (χ1v) is 8.80. The third-order valence-electron chi connectivity index (χ3n) is 4.02. The molecule has 0 saturated carbocycles. The number of halogens is 3. The van der Waals surface area contributed by atoms with Gasteiger partial charge in [0.25, 0.3) is 0 Å². The zero-order chi connectivity index (χ0) is 21.7. The predicted octanol–water partition coefficient (Wildman–Crippen LogP) is 4.64. The third-order valence-corrected chi connectivity index (χ3v) is 4.02. The van der Waals surface area contributed by atoms with Gasteiger partial charge in [0.2, 0.25) is 11.8 Å². The number of nitrogens with zero attached hydrogens (tertiary/aromatic N) is 2. The third kappa shape index (κ3) is 5.38. The number of aromatic nitrogens is 1. The number of hydrogen-bond donors (Lipinski definition) is 1. The standard InChI is InChI=1S/C21H16F3N3O3/c1-13-17(27-20(30-13)14-5-3-2-4-6-14)10-19(28)26-16-7-8-18(15(9-16)11-25)29-12-21(22,23)24/h2-9H,10,12H2,1H3,(H,26,28). The molecule has 1 aromatic heterocycles. The second-order valence-corrected chi connectivity index (χ2v) is 6.34. The Kier molecular flexibility index (Phi) is 6.06. The molecule has 30 heavy (non-hydrogen) atoms. The maximum Gasteiger partial charge on any atom is 0.422 e. The lowest BCUT2D eigenvalue weighted by Crippen LogP contribution is -2.19. The summed E-state index contributed by atoms with van der Waals surface area (Å²) in [7, 11) is 0. The highest BCUT2D eigenvalue weighted by Crippen LogP contribution is 2.25. The highest BCUT2D eigenvalue weighted by atomic mass is 19.4. The van der Waals surface area contributed by atoms with Gasteiger partial charge in [-0.1, -0.05) is 18.2 Å². The summed E-state index contributed by atoms with van der Waals surface area (Å²) in [5.74, 6) is 0.262. The first-order chi connectivity index (χ1) is 14.2. The Morgan fingerprint density at radius 3 is 2.63 bits per heavy atom. The number of amides is 1. The van der Waals surface area contributed by atoms with Crippen molar-refractivity contribution in [2.75, 3.05) is 11.9 Å². The number of nitrogens with one attached hydrogen (secondary N) is 1. The van der Waals surface area contributed by atoms with E-state index < -0.39 is 18.7 Å². The molecule has 0 aliphatic heterocycles. The summed E-state index contributed by atoms with van der Waals surface area (Å²) in [4.78, 5) is 16.7. The normalized spacial score (nSPS) is 11.0. The van der Waals surface area contributed by atoms with Crippen LogP contribution in [0.3, 0.4) is 0 Å². The maximum atomic E-state index is 12.4. The van der Waals surface area contributed by atoms with Gasteiger partial charge in [-0.2, -0.15) is 18.4 Å². The lowest BCUT2D eigenvalue weighted by molar-refractivity contribution is -0.153. The van der Waals surface area contributed by atoms with E-state index in [0.29, 0.717) is 17.3 Å². The van der Waals surface area contributed by atoms with Crippen LogP contribution in [0.4, 0.5) is 18.9 Å². The molecule has 6 nitrogen and oxygen atoms in total. The van der Waals surface area contributed by atoms with E-state index in [1.165, 1.54) is 18.2 Å². The predicted molar refractivity (Wildman–Crippen MR) is 102 cm³/mol. The second-order valence-electron chi connectivity index (χ2n) is 6.34. The van der Waals surface area contributed by atoms with Crippen molar-refractivity contribution in [2.24, 2.45) is 0 Å². The van der Waals surface area contributed by atoms with Crippen LogP contribution in [-0.2, 0) is 11.2 Å². The van der Waals surface area contributed by atoms with Crippen LogP contribution in [0.1, 0.15) is 17.0 Å². The highest BCUT2D eigenvalue weighted by molar-refractivity contribution is 5.92. The molecule has 0 spiro atoms. The van der Waals surface area contributed by atoms with Crippen LogP contribution in [-0.4, -0.2) is 23.7 Å². The second kappa shape index (κ2) is 8.69.